The van der Waals surface area contributed by atoms with Crippen LogP contribution in [0.15, 0.2) is 28.7 Å². The van der Waals surface area contributed by atoms with Crippen LogP contribution in [0.1, 0.15) is 23.8 Å². The number of rotatable bonds is 7. The molecule has 0 bridgehead atoms. The summed E-state index contributed by atoms with van der Waals surface area (Å²) in [6.07, 6.45) is 3.45. The highest BCUT2D eigenvalue weighted by Gasteiger charge is 2.23. The number of hydrogen-bond donors (Lipinski definition) is 1. The normalized spacial score (nSPS) is 15.4. The molecule has 9 heteroatoms. The van der Waals surface area contributed by atoms with E-state index in [1.54, 1.807) is 32.4 Å². The lowest BCUT2D eigenvalue weighted by Gasteiger charge is -2.18. The minimum absolute atomic E-state index is 0.139. The molecule has 1 amide bonds. The van der Waals surface area contributed by atoms with E-state index in [0.717, 1.165) is 29.7 Å². The van der Waals surface area contributed by atoms with Crippen LogP contribution < -0.4 is 14.8 Å². The Morgan fingerprint density at radius 2 is 2.16 bits per heavy atom. The Bertz CT molecular complexity index is 1090. The third kappa shape index (κ3) is 4.57. The average Bonchev–Trinajstić information content (AvgIpc) is 3.34. The molecule has 1 aliphatic carbocycles. The molecule has 0 saturated carbocycles. The monoisotopic (exact) mass is 458 g/mol. The number of carbonyl (C=O) groups is 1. The van der Waals surface area contributed by atoms with Crippen molar-refractivity contribution in [3.05, 3.63) is 34.0 Å². The molecule has 1 aliphatic rings. The van der Waals surface area contributed by atoms with Crippen molar-refractivity contribution in [2.75, 3.05) is 25.3 Å². The van der Waals surface area contributed by atoms with Crippen molar-refractivity contribution in [2.24, 2.45) is 13.0 Å². The number of thioether (sulfide) groups is 1. The second-order valence-electron chi connectivity index (χ2n) is 7.67. The first-order valence-electron chi connectivity index (χ1n) is 10.1. The number of thiophene rings is 1. The van der Waals surface area contributed by atoms with Crippen molar-refractivity contribution in [1.29, 1.82) is 0 Å². The Hall–Kier alpha value is -2.52. The molecule has 0 fully saturated rings. The van der Waals surface area contributed by atoms with Crippen LogP contribution in [0, 0.1) is 5.92 Å². The van der Waals surface area contributed by atoms with Gasteiger partial charge in [-0.3, -0.25) is 4.79 Å². The minimum Gasteiger partial charge on any atom is -0.497 e. The topological polar surface area (TPSA) is 78.3 Å². The zero-order valence-corrected chi connectivity index (χ0v) is 19.7. The fourth-order valence-corrected chi connectivity index (χ4v) is 5.71. The molecular weight excluding hydrogens is 432 g/mol. The number of aromatic nitrogens is 3. The zero-order valence-electron chi connectivity index (χ0n) is 18.1. The summed E-state index contributed by atoms with van der Waals surface area (Å²) in [4.78, 5) is 14.0. The Kier molecular flexibility index (Phi) is 6.52. The average molecular weight is 459 g/mol. The van der Waals surface area contributed by atoms with Crippen LogP contribution in [0.3, 0.4) is 0 Å². The van der Waals surface area contributed by atoms with Crippen molar-refractivity contribution < 1.29 is 14.3 Å². The number of anilines is 1. The Balaban J connectivity index is 1.43. The molecule has 1 unspecified atom stereocenters. The quantitative estimate of drug-likeness (QED) is 0.528. The van der Waals surface area contributed by atoms with Gasteiger partial charge in [0.2, 0.25) is 5.91 Å². The van der Waals surface area contributed by atoms with Gasteiger partial charge >= 0.3 is 0 Å². The summed E-state index contributed by atoms with van der Waals surface area (Å²) in [6, 6.07) is 5.28. The molecule has 0 saturated heterocycles. The molecule has 7 nitrogen and oxygen atoms in total. The maximum Gasteiger partial charge on any atom is 0.234 e. The van der Waals surface area contributed by atoms with E-state index in [1.807, 2.05) is 23.0 Å². The maximum atomic E-state index is 12.5. The van der Waals surface area contributed by atoms with E-state index >= 15 is 0 Å². The molecule has 2 heterocycles. The summed E-state index contributed by atoms with van der Waals surface area (Å²) in [5.41, 5.74) is 3.20. The summed E-state index contributed by atoms with van der Waals surface area (Å²) >= 11 is 3.19. The Morgan fingerprint density at radius 3 is 2.94 bits per heavy atom. The molecule has 4 rings (SSSR count). The fraction of sp³-hybridized carbons (Fsp3) is 0.409. The lowest BCUT2D eigenvalue weighted by molar-refractivity contribution is -0.113. The van der Waals surface area contributed by atoms with Gasteiger partial charge in [-0.2, -0.15) is 0 Å². The largest absolute Gasteiger partial charge is 0.497 e. The number of fused-ring (bicyclic) bond motifs is 1. The first kappa shape index (κ1) is 21.7. The van der Waals surface area contributed by atoms with Crippen LogP contribution in [-0.2, 0) is 24.7 Å². The van der Waals surface area contributed by atoms with Gasteiger partial charge in [0.25, 0.3) is 0 Å². The van der Waals surface area contributed by atoms with Crippen LogP contribution in [0.4, 0.5) is 5.69 Å². The van der Waals surface area contributed by atoms with Gasteiger partial charge in [-0.15, -0.1) is 21.5 Å². The number of carbonyl (C=O) groups excluding carboxylic acids is 1. The van der Waals surface area contributed by atoms with Crippen molar-refractivity contribution in [2.45, 2.75) is 31.3 Å². The summed E-state index contributed by atoms with van der Waals surface area (Å²) in [7, 11) is 5.10. The van der Waals surface area contributed by atoms with Crippen molar-refractivity contribution in [3.63, 3.8) is 0 Å². The van der Waals surface area contributed by atoms with E-state index in [4.69, 9.17) is 9.47 Å². The molecular formula is C22H26N4O3S2. The van der Waals surface area contributed by atoms with E-state index in [-0.39, 0.29) is 11.7 Å². The highest BCUT2D eigenvalue weighted by molar-refractivity contribution is 7.99. The van der Waals surface area contributed by atoms with Gasteiger partial charge in [0.15, 0.2) is 11.0 Å². The fourth-order valence-electron chi connectivity index (χ4n) is 3.76. The zero-order chi connectivity index (χ0) is 22.0. The van der Waals surface area contributed by atoms with Gasteiger partial charge in [-0.05, 0) is 42.9 Å². The second-order valence-corrected chi connectivity index (χ2v) is 9.57. The summed E-state index contributed by atoms with van der Waals surface area (Å²) in [6.45, 7) is 2.31. The van der Waals surface area contributed by atoms with Crippen molar-refractivity contribution in [3.8, 4) is 22.9 Å². The highest BCUT2D eigenvalue weighted by Crippen LogP contribution is 2.38. The molecule has 0 radical (unpaired) electrons. The minimum atomic E-state index is -0.139. The molecule has 31 heavy (non-hydrogen) atoms. The molecule has 1 atom stereocenters. The number of nitrogens with one attached hydrogen (secondary N) is 1. The molecule has 3 aromatic rings. The van der Waals surface area contributed by atoms with Crippen LogP contribution in [0.2, 0.25) is 0 Å². The second kappa shape index (κ2) is 9.32. The lowest BCUT2D eigenvalue weighted by atomic mass is 9.88. The molecule has 0 spiro atoms. The van der Waals surface area contributed by atoms with Gasteiger partial charge < -0.3 is 19.4 Å². The van der Waals surface area contributed by atoms with Crippen molar-refractivity contribution >= 4 is 34.7 Å². The smallest absolute Gasteiger partial charge is 0.234 e. The van der Waals surface area contributed by atoms with Gasteiger partial charge in [0.05, 0.1) is 25.7 Å². The third-order valence-electron chi connectivity index (χ3n) is 5.49. The molecule has 2 aromatic heterocycles. The summed E-state index contributed by atoms with van der Waals surface area (Å²) < 4.78 is 12.5. The first-order chi connectivity index (χ1) is 15.0. The predicted octanol–water partition coefficient (Wildman–Crippen LogP) is 4.42. The number of nitrogens with zero attached hydrogens (tertiary/aromatic N) is 3. The maximum absolute atomic E-state index is 12.5. The first-order valence-corrected chi connectivity index (χ1v) is 12.0. The number of ether oxygens (including phenoxy) is 2. The summed E-state index contributed by atoms with van der Waals surface area (Å²) in [5, 5.41) is 14.6. The van der Waals surface area contributed by atoms with Gasteiger partial charge in [0.1, 0.15) is 11.5 Å². The van der Waals surface area contributed by atoms with E-state index in [0.29, 0.717) is 17.2 Å². The van der Waals surface area contributed by atoms with Crippen molar-refractivity contribution in [1.82, 2.24) is 14.8 Å². The molecule has 1 aromatic carbocycles. The van der Waals surface area contributed by atoms with E-state index in [1.165, 1.54) is 34.2 Å². The molecule has 164 valence electrons. The Labute approximate surface area is 190 Å². The predicted molar refractivity (Wildman–Crippen MR) is 124 cm³/mol. The van der Waals surface area contributed by atoms with Crippen LogP contribution in [-0.4, -0.2) is 40.6 Å². The van der Waals surface area contributed by atoms with Gasteiger partial charge in [0, 0.05) is 28.9 Å². The number of hydrogen-bond acceptors (Lipinski definition) is 7. The third-order valence-corrected chi connectivity index (χ3v) is 7.56. The number of amides is 1. The van der Waals surface area contributed by atoms with Gasteiger partial charge in [-0.1, -0.05) is 18.7 Å². The van der Waals surface area contributed by atoms with E-state index in [2.05, 4.69) is 27.8 Å². The highest BCUT2D eigenvalue weighted by atomic mass is 32.2. The van der Waals surface area contributed by atoms with Crippen LogP contribution >= 0.6 is 23.1 Å². The summed E-state index contributed by atoms with van der Waals surface area (Å²) in [5.74, 6) is 2.91. The Morgan fingerprint density at radius 1 is 1.32 bits per heavy atom. The number of methoxy groups -OCH3 is 2. The molecule has 0 aliphatic heterocycles. The van der Waals surface area contributed by atoms with E-state index < -0.39 is 0 Å². The van der Waals surface area contributed by atoms with E-state index in [9.17, 15) is 4.79 Å². The standard InChI is InChI=1S/C22H26N4O3S2/c1-13-5-7-15-16(11-30-19(15)9-13)21-24-25-22(26(21)2)31-12-20(27)23-17-8-6-14(28-3)10-18(17)29-4/h6,8,10-11,13H,5,7,9,12H2,1-4H3,(H,23,27). The number of benzene rings is 1. The lowest BCUT2D eigenvalue weighted by Crippen LogP contribution is -2.15. The molecule has 1 N–H and O–H groups in total. The van der Waals surface area contributed by atoms with Crippen LogP contribution in [0.5, 0.6) is 11.5 Å². The van der Waals surface area contributed by atoms with Crippen LogP contribution in [0.25, 0.3) is 11.4 Å². The SMILES string of the molecule is COc1ccc(NC(=O)CSc2nnc(-c3csc4c3CCC(C)C4)n2C)c(OC)c1. The van der Waals surface area contributed by atoms with Gasteiger partial charge in [-0.25, -0.2) is 0 Å².